The largest absolute Gasteiger partial charge is 0.381 e. The van der Waals surface area contributed by atoms with Gasteiger partial charge in [-0.25, -0.2) is 0 Å². The van der Waals surface area contributed by atoms with Crippen LogP contribution < -0.4 is 11.2 Å². The molecule has 3 N–H and O–H groups in total. The van der Waals surface area contributed by atoms with Gasteiger partial charge in [-0.2, -0.15) is 5.90 Å². The zero-order valence-electron chi connectivity index (χ0n) is 5.78. The fraction of sp³-hybridized carbons (Fsp3) is 0. The van der Waals surface area contributed by atoms with Crippen LogP contribution in [0.4, 0.5) is 5.69 Å². The average Bonchev–Trinajstić information content (AvgIpc) is 2.06. The molecular weight excluding hydrogens is 160 g/mol. The van der Waals surface area contributed by atoms with Crippen LogP contribution in [0, 0.1) is 0 Å². The van der Waals surface area contributed by atoms with E-state index in [-0.39, 0.29) is 5.17 Å². The molecule has 1 rings (SSSR count). The van der Waals surface area contributed by atoms with Crippen molar-refractivity contribution in [2.75, 3.05) is 5.32 Å². The van der Waals surface area contributed by atoms with Gasteiger partial charge in [0.1, 0.15) is 0 Å². The molecule has 0 aromatic heterocycles. The van der Waals surface area contributed by atoms with E-state index in [1.54, 1.807) is 0 Å². The summed E-state index contributed by atoms with van der Waals surface area (Å²) in [5.74, 6) is 4.82. The lowest BCUT2D eigenvalue weighted by atomic mass is 10.3. The number of para-hydroxylation sites is 1. The second kappa shape index (κ2) is 3.90. The Morgan fingerprint density at radius 1 is 1.36 bits per heavy atom. The van der Waals surface area contributed by atoms with Crippen molar-refractivity contribution < 1.29 is 4.84 Å². The Bertz CT molecular complexity index is 237. The van der Waals surface area contributed by atoms with Crippen LogP contribution in [0.3, 0.4) is 0 Å². The Kier molecular flexibility index (Phi) is 2.83. The van der Waals surface area contributed by atoms with E-state index in [0.717, 1.165) is 5.69 Å². The molecule has 0 saturated carbocycles. The van der Waals surface area contributed by atoms with Gasteiger partial charge < -0.3 is 10.2 Å². The second-order valence-electron chi connectivity index (χ2n) is 1.90. The number of nitrogens with two attached hydrogens (primary N) is 1. The van der Waals surface area contributed by atoms with E-state index in [1.165, 1.54) is 0 Å². The fourth-order valence-electron chi connectivity index (χ4n) is 0.669. The molecule has 0 aliphatic rings. The van der Waals surface area contributed by atoms with E-state index < -0.39 is 0 Å². The number of thiocarbonyl (C=S) groups is 1. The number of nitrogens with one attached hydrogen (secondary N) is 1. The Balaban J connectivity index is 2.58. The molecule has 0 radical (unpaired) electrons. The van der Waals surface area contributed by atoms with Crippen molar-refractivity contribution >= 4 is 23.1 Å². The Hall–Kier alpha value is -1.13. The Morgan fingerprint density at radius 3 is 2.55 bits per heavy atom. The van der Waals surface area contributed by atoms with Crippen molar-refractivity contribution in [3.63, 3.8) is 0 Å². The molecule has 0 saturated heterocycles. The molecule has 1 aromatic carbocycles. The summed E-state index contributed by atoms with van der Waals surface area (Å²) in [6, 6.07) is 9.43. The average molecular weight is 168 g/mol. The normalized spacial score (nSPS) is 8.82. The first-order valence-electron chi connectivity index (χ1n) is 3.05. The molecule has 0 spiro atoms. The SMILES string of the molecule is NOC(=S)Nc1ccccc1. The van der Waals surface area contributed by atoms with Gasteiger partial charge in [0.05, 0.1) is 0 Å². The van der Waals surface area contributed by atoms with Crippen molar-refractivity contribution in [3.8, 4) is 0 Å². The summed E-state index contributed by atoms with van der Waals surface area (Å²) in [7, 11) is 0. The van der Waals surface area contributed by atoms with Crippen LogP contribution in [0.2, 0.25) is 0 Å². The topological polar surface area (TPSA) is 47.3 Å². The quantitative estimate of drug-likeness (QED) is 0.489. The van der Waals surface area contributed by atoms with Crippen molar-refractivity contribution in [1.29, 1.82) is 0 Å². The predicted molar refractivity (Wildman–Crippen MR) is 47.9 cm³/mol. The van der Waals surface area contributed by atoms with Crippen LogP contribution in [-0.2, 0) is 4.84 Å². The molecule has 58 valence electrons. The third kappa shape index (κ3) is 2.53. The molecule has 0 bridgehead atoms. The number of anilines is 1. The molecule has 11 heavy (non-hydrogen) atoms. The van der Waals surface area contributed by atoms with Gasteiger partial charge in [0.25, 0.3) is 5.17 Å². The van der Waals surface area contributed by atoms with Gasteiger partial charge in [0, 0.05) is 5.69 Å². The first kappa shape index (κ1) is 7.97. The monoisotopic (exact) mass is 168 g/mol. The van der Waals surface area contributed by atoms with Crippen LogP contribution in [0.15, 0.2) is 30.3 Å². The molecule has 0 atom stereocenters. The molecular formula is C7H8N2OS. The summed E-state index contributed by atoms with van der Waals surface area (Å²) < 4.78 is 0. The number of rotatable bonds is 1. The van der Waals surface area contributed by atoms with Crippen molar-refractivity contribution in [2.45, 2.75) is 0 Å². The maximum Gasteiger partial charge on any atom is 0.282 e. The van der Waals surface area contributed by atoms with Crippen LogP contribution in [0.5, 0.6) is 0 Å². The van der Waals surface area contributed by atoms with Gasteiger partial charge in [0.15, 0.2) is 0 Å². The van der Waals surface area contributed by atoms with Gasteiger partial charge >= 0.3 is 0 Å². The minimum Gasteiger partial charge on any atom is -0.381 e. The first-order chi connectivity index (χ1) is 5.33. The van der Waals surface area contributed by atoms with Gasteiger partial charge in [-0.15, -0.1) is 0 Å². The standard InChI is InChI=1S/C7H8N2OS/c8-10-7(11)9-6-4-2-1-3-5-6/h1-5H,8H2,(H,9,11). The minimum absolute atomic E-state index is 0.163. The van der Waals surface area contributed by atoms with Crippen molar-refractivity contribution in [1.82, 2.24) is 0 Å². The van der Waals surface area contributed by atoms with E-state index in [1.807, 2.05) is 30.3 Å². The highest BCUT2D eigenvalue weighted by atomic mass is 32.1. The lowest BCUT2D eigenvalue weighted by Gasteiger charge is -2.03. The maximum absolute atomic E-state index is 4.82. The summed E-state index contributed by atoms with van der Waals surface area (Å²) in [4.78, 5) is 4.27. The van der Waals surface area contributed by atoms with Gasteiger partial charge in [-0.05, 0) is 24.4 Å². The Labute approximate surface area is 70.1 Å². The second-order valence-corrected chi connectivity index (χ2v) is 2.27. The zero-order chi connectivity index (χ0) is 8.10. The van der Waals surface area contributed by atoms with Crippen LogP contribution in [-0.4, -0.2) is 5.17 Å². The Morgan fingerprint density at radius 2 is 2.00 bits per heavy atom. The molecule has 3 nitrogen and oxygen atoms in total. The van der Waals surface area contributed by atoms with E-state index in [2.05, 4.69) is 22.4 Å². The molecule has 1 aromatic rings. The molecule has 4 heteroatoms. The minimum atomic E-state index is 0.163. The summed E-state index contributed by atoms with van der Waals surface area (Å²) >= 11 is 4.68. The van der Waals surface area contributed by atoms with Crippen LogP contribution >= 0.6 is 12.2 Å². The molecule has 0 aliphatic heterocycles. The lowest BCUT2D eigenvalue weighted by Crippen LogP contribution is -2.16. The molecule has 0 unspecified atom stereocenters. The van der Waals surface area contributed by atoms with E-state index >= 15 is 0 Å². The van der Waals surface area contributed by atoms with E-state index in [4.69, 9.17) is 5.90 Å². The fourth-order valence-corrected chi connectivity index (χ4v) is 0.787. The van der Waals surface area contributed by atoms with E-state index in [0.29, 0.717) is 0 Å². The van der Waals surface area contributed by atoms with Gasteiger partial charge in [-0.3, -0.25) is 0 Å². The third-order valence-electron chi connectivity index (χ3n) is 1.13. The summed E-state index contributed by atoms with van der Waals surface area (Å²) in [5, 5.41) is 2.94. The van der Waals surface area contributed by atoms with E-state index in [9.17, 15) is 0 Å². The number of benzene rings is 1. The van der Waals surface area contributed by atoms with Crippen LogP contribution in [0.25, 0.3) is 0 Å². The smallest absolute Gasteiger partial charge is 0.282 e. The first-order valence-corrected chi connectivity index (χ1v) is 3.46. The van der Waals surface area contributed by atoms with Crippen molar-refractivity contribution in [2.24, 2.45) is 5.90 Å². The molecule has 0 aliphatic carbocycles. The number of hydrogen-bond donors (Lipinski definition) is 2. The summed E-state index contributed by atoms with van der Waals surface area (Å²) in [6.07, 6.45) is 0. The maximum atomic E-state index is 4.82. The highest BCUT2D eigenvalue weighted by Gasteiger charge is 1.93. The molecule has 0 fully saturated rings. The molecule has 0 heterocycles. The third-order valence-corrected chi connectivity index (χ3v) is 1.33. The summed E-state index contributed by atoms with van der Waals surface area (Å²) in [6.45, 7) is 0. The predicted octanol–water partition coefficient (Wildman–Crippen LogP) is 1.27. The molecule has 0 amide bonds. The van der Waals surface area contributed by atoms with Gasteiger partial charge in [0.2, 0.25) is 0 Å². The van der Waals surface area contributed by atoms with Crippen LogP contribution in [0.1, 0.15) is 0 Å². The highest BCUT2D eigenvalue weighted by molar-refractivity contribution is 7.80. The lowest BCUT2D eigenvalue weighted by molar-refractivity contribution is 0.329. The van der Waals surface area contributed by atoms with Crippen molar-refractivity contribution in [3.05, 3.63) is 30.3 Å². The highest BCUT2D eigenvalue weighted by Crippen LogP contribution is 2.04. The van der Waals surface area contributed by atoms with Gasteiger partial charge in [-0.1, -0.05) is 18.2 Å². The zero-order valence-corrected chi connectivity index (χ0v) is 6.60. The summed E-state index contributed by atoms with van der Waals surface area (Å²) in [5.41, 5.74) is 0.864. The number of hydrogen-bond acceptors (Lipinski definition) is 3.